The predicted molar refractivity (Wildman–Crippen MR) is 100 cm³/mol. The molecular weight excluding hydrogens is 346 g/mol. The zero-order chi connectivity index (χ0) is 19.2. The standard InChI is InChI=1S/C20H19N3O4/c1-14(20(24)22-16-10-5-6-11-17(16)23(25)26)21-19(18-12-7-13-27-18)15-8-3-2-4-9-15/h2-14,19,21H,1H3,(H,22,24)/p+1/t14-,19-/m0/s1. The zero-order valence-corrected chi connectivity index (χ0v) is 14.7. The number of hydrogen-bond donors (Lipinski definition) is 2. The molecule has 1 amide bonds. The van der Waals surface area contributed by atoms with E-state index in [-0.39, 0.29) is 23.3 Å². The fraction of sp³-hybridized carbons (Fsp3) is 0.150. The molecule has 0 fully saturated rings. The molecule has 0 aliphatic heterocycles. The van der Waals surface area contributed by atoms with Crippen molar-refractivity contribution < 1.29 is 19.5 Å². The van der Waals surface area contributed by atoms with E-state index < -0.39 is 11.0 Å². The number of nitrogens with zero attached hydrogens (tertiary/aromatic N) is 1. The molecule has 0 aliphatic carbocycles. The van der Waals surface area contributed by atoms with Crippen LogP contribution in [0.5, 0.6) is 0 Å². The van der Waals surface area contributed by atoms with Crippen LogP contribution in [0.4, 0.5) is 11.4 Å². The maximum atomic E-state index is 12.6. The Hall–Kier alpha value is -3.45. The van der Waals surface area contributed by atoms with Gasteiger partial charge in [0.15, 0.2) is 17.8 Å². The Morgan fingerprint density at radius 3 is 2.44 bits per heavy atom. The molecule has 3 N–H and O–H groups in total. The first-order valence-corrected chi connectivity index (χ1v) is 8.54. The summed E-state index contributed by atoms with van der Waals surface area (Å²) in [6.45, 7) is 1.75. The normalized spacial score (nSPS) is 12.9. The van der Waals surface area contributed by atoms with Gasteiger partial charge in [0.05, 0.1) is 11.2 Å². The molecule has 27 heavy (non-hydrogen) atoms. The number of nitro groups is 1. The van der Waals surface area contributed by atoms with Crippen LogP contribution in [0.3, 0.4) is 0 Å². The highest BCUT2D eigenvalue weighted by Gasteiger charge is 2.27. The average Bonchev–Trinajstić information content (AvgIpc) is 3.21. The van der Waals surface area contributed by atoms with Crippen molar-refractivity contribution in [3.8, 4) is 0 Å². The average molecular weight is 366 g/mol. The second-order valence-electron chi connectivity index (χ2n) is 6.15. The van der Waals surface area contributed by atoms with Crippen molar-refractivity contribution in [3.63, 3.8) is 0 Å². The smallest absolute Gasteiger partial charge is 0.292 e. The van der Waals surface area contributed by atoms with Crippen molar-refractivity contribution in [2.45, 2.75) is 19.0 Å². The Bertz CT molecular complexity index is 910. The summed E-state index contributed by atoms with van der Waals surface area (Å²) >= 11 is 0. The topological polar surface area (TPSA) is 102 Å². The second kappa shape index (κ2) is 8.29. The van der Waals surface area contributed by atoms with Gasteiger partial charge >= 0.3 is 0 Å². The van der Waals surface area contributed by atoms with Gasteiger partial charge in [0.2, 0.25) is 0 Å². The van der Waals surface area contributed by atoms with Crippen molar-refractivity contribution in [2.24, 2.45) is 0 Å². The minimum Gasteiger partial charge on any atom is -0.463 e. The van der Waals surface area contributed by atoms with Crippen LogP contribution in [0.15, 0.2) is 77.4 Å². The van der Waals surface area contributed by atoms with Gasteiger partial charge in [-0.1, -0.05) is 42.5 Å². The summed E-state index contributed by atoms with van der Waals surface area (Å²) in [6.07, 6.45) is 1.59. The van der Waals surface area contributed by atoms with Gasteiger partial charge in [-0.15, -0.1) is 0 Å². The van der Waals surface area contributed by atoms with Crippen molar-refractivity contribution >= 4 is 17.3 Å². The Morgan fingerprint density at radius 1 is 1.07 bits per heavy atom. The van der Waals surface area contributed by atoms with E-state index in [1.807, 2.05) is 41.7 Å². The lowest BCUT2D eigenvalue weighted by atomic mass is 10.0. The number of carbonyl (C=O) groups excluding carboxylic acids is 1. The minimum atomic E-state index is -0.514. The molecule has 1 heterocycles. The summed E-state index contributed by atoms with van der Waals surface area (Å²) in [5.41, 5.74) is 1.04. The summed E-state index contributed by atoms with van der Waals surface area (Å²) in [7, 11) is 0. The molecule has 2 aromatic carbocycles. The number of nitrogens with one attached hydrogen (secondary N) is 1. The third-order valence-electron chi connectivity index (χ3n) is 4.26. The van der Waals surface area contributed by atoms with Gasteiger partial charge < -0.3 is 15.1 Å². The molecule has 0 bridgehead atoms. The predicted octanol–water partition coefficient (Wildman–Crippen LogP) is 2.87. The van der Waals surface area contributed by atoms with Gasteiger partial charge in [0, 0.05) is 11.6 Å². The summed E-state index contributed by atoms with van der Waals surface area (Å²) in [4.78, 5) is 23.2. The van der Waals surface area contributed by atoms with E-state index >= 15 is 0 Å². The number of carbonyl (C=O) groups is 1. The third-order valence-corrected chi connectivity index (χ3v) is 4.26. The Morgan fingerprint density at radius 2 is 1.78 bits per heavy atom. The number of hydrogen-bond acceptors (Lipinski definition) is 4. The molecule has 1 aromatic heterocycles. The van der Waals surface area contributed by atoms with Crippen LogP contribution in [-0.4, -0.2) is 16.9 Å². The molecule has 0 spiro atoms. The molecule has 0 saturated heterocycles. The van der Waals surface area contributed by atoms with Crippen LogP contribution in [-0.2, 0) is 4.79 Å². The molecule has 3 aromatic rings. The summed E-state index contributed by atoms with van der Waals surface area (Å²) < 4.78 is 5.55. The number of para-hydroxylation sites is 2. The number of nitrogens with two attached hydrogens (primary N) is 1. The van der Waals surface area contributed by atoms with Crippen molar-refractivity contribution in [1.29, 1.82) is 0 Å². The van der Waals surface area contributed by atoms with Crippen molar-refractivity contribution in [3.05, 3.63) is 94.4 Å². The summed E-state index contributed by atoms with van der Waals surface area (Å²) in [5, 5.41) is 15.6. The molecule has 2 atom stereocenters. The third kappa shape index (κ3) is 4.39. The first-order valence-electron chi connectivity index (χ1n) is 8.54. The summed E-state index contributed by atoms with van der Waals surface area (Å²) in [6, 6.07) is 18.8. The van der Waals surface area contributed by atoms with Crippen LogP contribution in [0, 0.1) is 10.1 Å². The number of benzene rings is 2. The Balaban J connectivity index is 1.77. The van der Waals surface area contributed by atoms with Gasteiger partial charge in [-0.05, 0) is 25.1 Å². The molecular formula is C20H20N3O4+. The van der Waals surface area contributed by atoms with E-state index in [9.17, 15) is 14.9 Å². The number of amides is 1. The fourth-order valence-corrected chi connectivity index (χ4v) is 2.86. The van der Waals surface area contributed by atoms with E-state index in [1.54, 1.807) is 31.4 Å². The second-order valence-corrected chi connectivity index (χ2v) is 6.15. The SMILES string of the molecule is C[C@H]([NH2+][C@@H](c1ccccc1)c1ccco1)C(=O)Nc1ccccc1[N+](=O)[O-]. The largest absolute Gasteiger partial charge is 0.463 e. The zero-order valence-electron chi connectivity index (χ0n) is 14.7. The monoisotopic (exact) mass is 366 g/mol. The quantitative estimate of drug-likeness (QED) is 0.496. The number of quaternary nitrogens is 1. The van der Waals surface area contributed by atoms with E-state index in [0.29, 0.717) is 0 Å². The minimum absolute atomic E-state index is 0.135. The summed E-state index contributed by atoms with van der Waals surface area (Å²) in [5.74, 6) is 0.406. The highest BCUT2D eigenvalue weighted by atomic mass is 16.6. The fourth-order valence-electron chi connectivity index (χ4n) is 2.86. The molecule has 0 aliphatic rings. The first-order chi connectivity index (χ1) is 13.1. The highest BCUT2D eigenvalue weighted by molar-refractivity contribution is 5.95. The number of rotatable bonds is 7. The molecule has 0 saturated carbocycles. The van der Waals surface area contributed by atoms with Crippen molar-refractivity contribution in [2.75, 3.05) is 5.32 Å². The maximum absolute atomic E-state index is 12.6. The molecule has 3 rings (SSSR count). The van der Waals surface area contributed by atoms with Crippen LogP contribution >= 0.6 is 0 Å². The van der Waals surface area contributed by atoms with Gasteiger partial charge in [0.25, 0.3) is 11.6 Å². The van der Waals surface area contributed by atoms with E-state index in [0.717, 1.165) is 11.3 Å². The lowest BCUT2D eigenvalue weighted by Crippen LogP contribution is -2.92. The molecule has 0 radical (unpaired) electrons. The van der Waals surface area contributed by atoms with Gasteiger partial charge in [0.1, 0.15) is 5.69 Å². The van der Waals surface area contributed by atoms with Gasteiger partial charge in [-0.2, -0.15) is 0 Å². The van der Waals surface area contributed by atoms with Crippen LogP contribution in [0.25, 0.3) is 0 Å². The van der Waals surface area contributed by atoms with Gasteiger partial charge in [-0.25, -0.2) is 0 Å². The number of nitro benzene ring substituents is 1. The first kappa shape index (κ1) is 18.3. The molecule has 7 heteroatoms. The lowest BCUT2D eigenvalue weighted by Gasteiger charge is -2.18. The number of furan rings is 1. The van der Waals surface area contributed by atoms with Crippen LogP contribution in [0.2, 0.25) is 0 Å². The molecule has 7 nitrogen and oxygen atoms in total. The maximum Gasteiger partial charge on any atom is 0.292 e. The van der Waals surface area contributed by atoms with E-state index in [2.05, 4.69) is 5.32 Å². The molecule has 138 valence electrons. The van der Waals surface area contributed by atoms with E-state index in [1.165, 1.54) is 12.1 Å². The van der Waals surface area contributed by atoms with Gasteiger partial charge in [-0.3, -0.25) is 14.9 Å². The van der Waals surface area contributed by atoms with Crippen molar-refractivity contribution in [1.82, 2.24) is 0 Å². The highest BCUT2D eigenvalue weighted by Crippen LogP contribution is 2.23. The van der Waals surface area contributed by atoms with Crippen LogP contribution < -0.4 is 10.6 Å². The number of anilines is 1. The van der Waals surface area contributed by atoms with Crippen LogP contribution in [0.1, 0.15) is 24.3 Å². The Kier molecular flexibility index (Phi) is 5.63. The van der Waals surface area contributed by atoms with E-state index in [4.69, 9.17) is 4.42 Å². The molecule has 0 unspecified atom stereocenters. The lowest BCUT2D eigenvalue weighted by molar-refractivity contribution is -0.706. The Labute approximate surface area is 156 Å².